The lowest BCUT2D eigenvalue weighted by atomic mass is 10.2. The van der Waals surface area contributed by atoms with Gasteiger partial charge >= 0.3 is 0 Å². The van der Waals surface area contributed by atoms with Crippen LogP contribution in [0.5, 0.6) is 5.75 Å². The predicted molar refractivity (Wildman–Crippen MR) is 65.8 cm³/mol. The largest absolute Gasteiger partial charge is 0.488 e. The molecule has 1 aromatic heterocycles. The molecule has 2 rings (SSSR count). The zero-order chi connectivity index (χ0) is 11.4. The molecule has 0 bridgehead atoms. The van der Waals surface area contributed by atoms with Crippen molar-refractivity contribution in [3.05, 3.63) is 45.4 Å². The number of rotatable bonds is 4. The van der Waals surface area contributed by atoms with Gasteiger partial charge in [0.1, 0.15) is 12.4 Å². The van der Waals surface area contributed by atoms with Gasteiger partial charge in [0.05, 0.1) is 10.4 Å². The molecule has 1 aromatic carbocycles. The van der Waals surface area contributed by atoms with E-state index in [2.05, 4.69) is 4.98 Å². The number of nitrogens with two attached hydrogens (primary N) is 1. The normalized spacial score (nSPS) is 10.4. The highest BCUT2D eigenvalue weighted by Crippen LogP contribution is 2.23. The van der Waals surface area contributed by atoms with Gasteiger partial charge in [-0.3, -0.25) is 4.98 Å². The predicted octanol–water partition coefficient (Wildman–Crippen LogP) is 2.83. The summed E-state index contributed by atoms with van der Waals surface area (Å²) in [6.07, 6.45) is 1.79. The Morgan fingerprint density at radius 1 is 1.44 bits per heavy atom. The molecule has 2 aromatic rings. The fourth-order valence-corrected chi connectivity index (χ4v) is 2.01. The van der Waals surface area contributed by atoms with Crippen molar-refractivity contribution in [3.8, 4) is 5.75 Å². The molecule has 0 saturated carbocycles. The van der Waals surface area contributed by atoms with Crippen LogP contribution in [0.15, 0.2) is 29.9 Å². The molecule has 16 heavy (non-hydrogen) atoms. The van der Waals surface area contributed by atoms with Crippen molar-refractivity contribution in [1.82, 2.24) is 4.98 Å². The molecule has 0 aliphatic heterocycles. The fraction of sp³-hybridized carbons (Fsp3) is 0.182. The van der Waals surface area contributed by atoms with E-state index >= 15 is 0 Å². The molecule has 3 nitrogen and oxygen atoms in total. The van der Waals surface area contributed by atoms with Crippen molar-refractivity contribution in [2.45, 2.75) is 13.2 Å². The van der Waals surface area contributed by atoms with Crippen LogP contribution in [-0.2, 0) is 13.2 Å². The molecule has 1 heterocycles. The average Bonchev–Trinajstić information content (AvgIpc) is 2.80. The summed E-state index contributed by atoms with van der Waals surface area (Å²) in [4.78, 5) is 5.07. The number of halogens is 1. The molecule has 84 valence electrons. The highest BCUT2D eigenvalue weighted by atomic mass is 35.5. The zero-order valence-electron chi connectivity index (χ0n) is 8.52. The van der Waals surface area contributed by atoms with E-state index in [4.69, 9.17) is 22.1 Å². The van der Waals surface area contributed by atoms with E-state index in [0.717, 1.165) is 16.2 Å². The van der Waals surface area contributed by atoms with Gasteiger partial charge in [-0.25, -0.2) is 0 Å². The molecule has 0 unspecified atom stereocenters. The van der Waals surface area contributed by atoms with E-state index in [-0.39, 0.29) is 0 Å². The lowest BCUT2D eigenvalue weighted by Gasteiger charge is -2.09. The van der Waals surface area contributed by atoms with Gasteiger partial charge in [-0.15, -0.1) is 11.3 Å². The second-order valence-corrected chi connectivity index (χ2v) is 4.62. The molecule has 0 saturated heterocycles. The van der Waals surface area contributed by atoms with Gasteiger partial charge in [-0.1, -0.05) is 11.6 Å². The molecule has 0 amide bonds. The van der Waals surface area contributed by atoms with Gasteiger partial charge in [-0.05, 0) is 18.2 Å². The summed E-state index contributed by atoms with van der Waals surface area (Å²) < 4.78 is 5.66. The van der Waals surface area contributed by atoms with Crippen molar-refractivity contribution >= 4 is 22.9 Å². The lowest BCUT2D eigenvalue weighted by Crippen LogP contribution is -2.02. The number of hydrogen-bond acceptors (Lipinski definition) is 4. The topological polar surface area (TPSA) is 48.1 Å². The van der Waals surface area contributed by atoms with Crippen molar-refractivity contribution < 1.29 is 4.74 Å². The molecule has 0 atom stereocenters. The van der Waals surface area contributed by atoms with Gasteiger partial charge < -0.3 is 10.5 Å². The highest BCUT2D eigenvalue weighted by Gasteiger charge is 2.04. The minimum atomic E-state index is 0.415. The van der Waals surface area contributed by atoms with Gasteiger partial charge in [0, 0.05) is 23.3 Å². The molecule has 0 aliphatic carbocycles. The first kappa shape index (κ1) is 11.4. The Morgan fingerprint density at radius 2 is 2.31 bits per heavy atom. The second kappa shape index (κ2) is 5.30. The monoisotopic (exact) mass is 254 g/mol. The number of nitrogens with zero attached hydrogens (tertiary/aromatic N) is 1. The first-order chi connectivity index (χ1) is 7.79. The van der Waals surface area contributed by atoms with Crippen LogP contribution in [-0.4, -0.2) is 4.98 Å². The Morgan fingerprint density at radius 3 is 3.00 bits per heavy atom. The van der Waals surface area contributed by atoms with Gasteiger partial charge in [0.15, 0.2) is 0 Å². The summed E-state index contributed by atoms with van der Waals surface area (Å²) in [5.74, 6) is 0.778. The highest BCUT2D eigenvalue weighted by molar-refractivity contribution is 7.09. The van der Waals surface area contributed by atoms with Crippen molar-refractivity contribution in [2.75, 3.05) is 0 Å². The fourth-order valence-electron chi connectivity index (χ4n) is 1.31. The Balaban J connectivity index is 2.09. The summed E-state index contributed by atoms with van der Waals surface area (Å²) in [6.45, 7) is 0.928. The third kappa shape index (κ3) is 2.72. The summed E-state index contributed by atoms with van der Waals surface area (Å²) in [7, 11) is 0. The van der Waals surface area contributed by atoms with Crippen molar-refractivity contribution in [2.24, 2.45) is 5.73 Å². The maximum atomic E-state index is 5.88. The van der Waals surface area contributed by atoms with E-state index in [1.165, 1.54) is 0 Å². The first-order valence-corrected chi connectivity index (χ1v) is 6.04. The summed E-state index contributed by atoms with van der Waals surface area (Å²) in [6, 6.07) is 5.46. The van der Waals surface area contributed by atoms with Crippen molar-refractivity contribution in [1.29, 1.82) is 0 Å². The van der Waals surface area contributed by atoms with E-state index in [1.54, 1.807) is 29.1 Å². The van der Waals surface area contributed by atoms with Crippen LogP contribution in [0.2, 0.25) is 5.02 Å². The number of hydrogen-bond donors (Lipinski definition) is 1. The van der Waals surface area contributed by atoms with E-state index in [9.17, 15) is 0 Å². The summed E-state index contributed by atoms with van der Waals surface area (Å²) >= 11 is 7.44. The third-order valence-electron chi connectivity index (χ3n) is 2.10. The quantitative estimate of drug-likeness (QED) is 0.913. The third-order valence-corrected chi connectivity index (χ3v) is 3.08. The average molecular weight is 255 g/mol. The SMILES string of the molecule is NCc1cc(Cl)ccc1OCc1cncs1. The van der Waals surface area contributed by atoms with E-state index < -0.39 is 0 Å². The molecule has 0 fully saturated rings. The minimum absolute atomic E-state index is 0.415. The molecule has 0 aliphatic rings. The molecular formula is C11H11ClN2OS. The van der Waals surface area contributed by atoms with Crippen molar-refractivity contribution in [3.63, 3.8) is 0 Å². The molecule has 2 N–H and O–H groups in total. The maximum Gasteiger partial charge on any atom is 0.124 e. The van der Waals surface area contributed by atoms with Crippen LogP contribution in [0.4, 0.5) is 0 Å². The number of aromatic nitrogens is 1. The molecule has 5 heteroatoms. The van der Waals surface area contributed by atoms with Crippen LogP contribution in [0.1, 0.15) is 10.4 Å². The zero-order valence-corrected chi connectivity index (χ0v) is 10.1. The van der Waals surface area contributed by atoms with Gasteiger partial charge in [0.25, 0.3) is 0 Å². The van der Waals surface area contributed by atoms with Crippen LogP contribution >= 0.6 is 22.9 Å². The smallest absolute Gasteiger partial charge is 0.124 e. The number of ether oxygens (including phenoxy) is 1. The Hall–Kier alpha value is -1.10. The maximum absolute atomic E-state index is 5.88. The first-order valence-electron chi connectivity index (χ1n) is 4.78. The Labute approximate surface area is 103 Å². The van der Waals surface area contributed by atoms with E-state index in [0.29, 0.717) is 18.2 Å². The molecule has 0 spiro atoms. The lowest BCUT2D eigenvalue weighted by molar-refractivity contribution is 0.306. The molecular weight excluding hydrogens is 244 g/mol. The second-order valence-electron chi connectivity index (χ2n) is 3.21. The molecule has 0 radical (unpaired) electrons. The van der Waals surface area contributed by atoms with Crippen LogP contribution < -0.4 is 10.5 Å². The standard InChI is InChI=1S/C11H11ClN2OS/c12-9-1-2-11(8(3-9)4-13)15-6-10-5-14-7-16-10/h1-3,5,7H,4,6,13H2. The van der Waals surface area contributed by atoms with Crippen LogP contribution in [0.25, 0.3) is 0 Å². The van der Waals surface area contributed by atoms with Gasteiger partial charge in [0.2, 0.25) is 0 Å². The Kier molecular flexibility index (Phi) is 3.77. The van der Waals surface area contributed by atoms with Crippen LogP contribution in [0.3, 0.4) is 0 Å². The minimum Gasteiger partial charge on any atom is -0.488 e. The summed E-state index contributed by atoms with van der Waals surface area (Å²) in [5.41, 5.74) is 8.32. The number of benzene rings is 1. The number of thiazole rings is 1. The summed E-state index contributed by atoms with van der Waals surface area (Å²) in [5, 5.41) is 0.672. The van der Waals surface area contributed by atoms with Gasteiger partial charge in [-0.2, -0.15) is 0 Å². The van der Waals surface area contributed by atoms with Crippen LogP contribution in [0, 0.1) is 0 Å². The van der Waals surface area contributed by atoms with E-state index in [1.807, 2.05) is 12.1 Å². The Bertz CT molecular complexity index is 459.